The summed E-state index contributed by atoms with van der Waals surface area (Å²) in [6.45, 7) is 4.04. The maximum Gasteiger partial charge on any atom is 0.338 e. The molecule has 0 spiro atoms. The first-order valence-electron chi connectivity index (χ1n) is 3.36. The molecule has 0 amide bonds. The molecule has 2 nitrogen and oxygen atoms in total. The number of hydrogen-bond donors (Lipinski definition) is 0. The summed E-state index contributed by atoms with van der Waals surface area (Å²) in [6.07, 6.45) is 0. The van der Waals surface area contributed by atoms with Gasteiger partial charge in [-0.1, -0.05) is 0 Å². The highest BCUT2D eigenvalue weighted by Gasteiger charge is 2.09. The predicted molar refractivity (Wildman–Crippen MR) is 46.2 cm³/mol. The predicted octanol–water partition coefficient (Wildman–Crippen LogP) is 2.31. The molecule has 0 aliphatic rings. The van der Waals surface area contributed by atoms with E-state index in [1.165, 1.54) is 7.11 Å². The molecule has 1 aromatic rings. The Morgan fingerprint density at radius 2 is 2.18 bits per heavy atom. The lowest BCUT2D eigenvalue weighted by Crippen LogP contribution is -2.00. The molecule has 60 valence electrons. The standard InChI is InChI=1S/C8H11O2P/c1-6-4-11(3)5-7(6)8(9)10-2/h4-5H,1-3H3. The number of methoxy groups -OCH3 is 1. The van der Waals surface area contributed by atoms with Crippen molar-refractivity contribution in [3.8, 4) is 0 Å². The fourth-order valence-electron chi connectivity index (χ4n) is 1.04. The Labute approximate surface area is 67.2 Å². The van der Waals surface area contributed by atoms with Crippen molar-refractivity contribution in [1.82, 2.24) is 0 Å². The van der Waals surface area contributed by atoms with E-state index in [0.29, 0.717) is 0 Å². The van der Waals surface area contributed by atoms with Crippen LogP contribution in [0.4, 0.5) is 0 Å². The highest BCUT2D eigenvalue weighted by atomic mass is 31.1. The third kappa shape index (κ3) is 1.63. The first-order valence-corrected chi connectivity index (χ1v) is 5.28. The normalized spacial score (nSPS) is 11.4. The van der Waals surface area contributed by atoms with Gasteiger partial charge in [-0.15, -0.1) is 7.53 Å². The highest BCUT2D eigenvalue weighted by molar-refractivity contribution is 7.46. The molecule has 1 aromatic heterocycles. The van der Waals surface area contributed by atoms with Crippen molar-refractivity contribution in [3.63, 3.8) is 0 Å². The van der Waals surface area contributed by atoms with E-state index in [1.54, 1.807) is 0 Å². The van der Waals surface area contributed by atoms with Gasteiger partial charge in [-0.25, -0.2) is 4.79 Å². The topological polar surface area (TPSA) is 26.3 Å². The van der Waals surface area contributed by atoms with Crippen LogP contribution in [0.5, 0.6) is 0 Å². The van der Waals surface area contributed by atoms with Crippen LogP contribution in [0.15, 0.2) is 11.6 Å². The second-order valence-corrected chi connectivity index (χ2v) is 4.36. The lowest BCUT2D eigenvalue weighted by atomic mass is 10.2. The van der Waals surface area contributed by atoms with Gasteiger partial charge in [0, 0.05) is 0 Å². The van der Waals surface area contributed by atoms with Crippen LogP contribution < -0.4 is 0 Å². The van der Waals surface area contributed by atoms with Crippen molar-refractivity contribution in [2.75, 3.05) is 7.11 Å². The molecular weight excluding hydrogens is 159 g/mol. The van der Waals surface area contributed by atoms with Gasteiger partial charge in [-0.3, -0.25) is 0 Å². The molecule has 1 unspecified atom stereocenters. The van der Waals surface area contributed by atoms with Gasteiger partial charge in [0.05, 0.1) is 12.7 Å². The average molecular weight is 170 g/mol. The van der Waals surface area contributed by atoms with Gasteiger partial charge < -0.3 is 4.74 Å². The summed E-state index contributed by atoms with van der Waals surface area (Å²) in [6, 6.07) is 0. The minimum Gasteiger partial charge on any atom is -0.465 e. The van der Waals surface area contributed by atoms with Crippen molar-refractivity contribution >= 4 is 13.5 Å². The van der Waals surface area contributed by atoms with Gasteiger partial charge in [0.15, 0.2) is 0 Å². The van der Waals surface area contributed by atoms with E-state index in [9.17, 15) is 4.79 Å². The first kappa shape index (κ1) is 8.35. The van der Waals surface area contributed by atoms with Gasteiger partial charge >= 0.3 is 5.97 Å². The van der Waals surface area contributed by atoms with Crippen LogP contribution in [0.3, 0.4) is 0 Å². The Kier molecular flexibility index (Phi) is 2.35. The monoisotopic (exact) mass is 170 g/mol. The Morgan fingerprint density at radius 3 is 2.55 bits per heavy atom. The Bertz CT molecular complexity index is 276. The van der Waals surface area contributed by atoms with Gasteiger partial charge in [0.1, 0.15) is 0 Å². The SMILES string of the molecule is COC(=O)c1cp(C)cc1C. The van der Waals surface area contributed by atoms with Crippen LogP contribution in [-0.2, 0) is 11.4 Å². The highest BCUT2D eigenvalue weighted by Crippen LogP contribution is 2.29. The third-order valence-electron chi connectivity index (χ3n) is 1.56. The van der Waals surface area contributed by atoms with Crippen LogP contribution >= 0.6 is 7.53 Å². The molecule has 3 heteroatoms. The van der Waals surface area contributed by atoms with E-state index >= 15 is 0 Å². The summed E-state index contributed by atoms with van der Waals surface area (Å²) >= 11 is 0. The van der Waals surface area contributed by atoms with Crippen molar-refractivity contribution in [1.29, 1.82) is 0 Å². The molecule has 0 radical (unpaired) electrons. The van der Waals surface area contributed by atoms with Crippen molar-refractivity contribution in [2.45, 2.75) is 6.92 Å². The van der Waals surface area contributed by atoms with Gasteiger partial charge in [-0.2, -0.15) is 0 Å². The first-order chi connectivity index (χ1) is 5.15. The van der Waals surface area contributed by atoms with Gasteiger partial charge in [-0.05, 0) is 30.7 Å². The van der Waals surface area contributed by atoms with E-state index in [1.807, 2.05) is 12.7 Å². The maximum absolute atomic E-state index is 11.0. The molecule has 0 aliphatic carbocycles. The molecule has 0 N–H and O–H groups in total. The van der Waals surface area contributed by atoms with Crippen LogP contribution in [0.2, 0.25) is 0 Å². The molecule has 0 aliphatic heterocycles. The molecular formula is C8H11O2P. The molecule has 0 aromatic carbocycles. The lowest BCUT2D eigenvalue weighted by Gasteiger charge is -1.95. The number of carbonyl (C=O) groups excluding carboxylic acids is 1. The van der Waals surface area contributed by atoms with Crippen molar-refractivity contribution in [2.24, 2.45) is 6.66 Å². The summed E-state index contributed by atoms with van der Waals surface area (Å²) in [5.74, 6) is 3.88. The third-order valence-corrected chi connectivity index (χ3v) is 3.02. The number of aryl methyl sites for hydroxylation is 2. The summed E-state index contributed by atoms with van der Waals surface area (Å²) in [5.41, 5.74) is 1.78. The minimum atomic E-state index is -0.217. The Hall–Kier alpha value is -0.750. The molecule has 0 fully saturated rings. The smallest absolute Gasteiger partial charge is 0.338 e. The van der Waals surface area contributed by atoms with E-state index < -0.39 is 0 Å². The molecule has 11 heavy (non-hydrogen) atoms. The Morgan fingerprint density at radius 1 is 1.55 bits per heavy atom. The zero-order chi connectivity index (χ0) is 8.43. The summed E-state index contributed by atoms with van der Waals surface area (Å²) in [5, 5.41) is 0. The van der Waals surface area contributed by atoms with Crippen LogP contribution in [0.1, 0.15) is 15.9 Å². The zero-order valence-electron chi connectivity index (χ0n) is 6.92. The van der Waals surface area contributed by atoms with E-state index in [2.05, 4.69) is 17.2 Å². The quantitative estimate of drug-likeness (QED) is 0.604. The number of ether oxygens (including phenoxy) is 1. The fourth-order valence-corrected chi connectivity index (χ4v) is 2.58. The largest absolute Gasteiger partial charge is 0.465 e. The summed E-state index contributed by atoms with van der Waals surface area (Å²) < 4.78 is 4.62. The van der Waals surface area contributed by atoms with E-state index in [4.69, 9.17) is 0 Å². The van der Waals surface area contributed by atoms with Gasteiger partial charge in [0.2, 0.25) is 0 Å². The average Bonchev–Trinajstić information content (AvgIpc) is 2.28. The van der Waals surface area contributed by atoms with Crippen LogP contribution in [-0.4, -0.2) is 13.1 Å². The molecule has 0 saturated carbocycles. The minimum absolute atomic E-state index is 0.207. The number of carbonyl (C=O) groups is 1. The fraction of sp³-hybridized carbons (Fsp3) is 0.375. The molecule has 0 bridgehead atoms. The van der Waals surface area contributed by atoms with E-state index in [0.717, 1.165) is 11.1 Å². The van der Waals surface area contributed by atoms with Crippen molar-refractivity contribution < 1.29 is 9.53 Å². The van der Waals surface area contributed by atoms with E-state index in [-0.39, 0.29) is 13.5 Å². The summed E-state index contributed by atoms with van der Waals surface area (Å²) in [7, 11) is 1.20. The molecule has 1 atom stereocenters. The zero-order valence-corrected chi connectivity index (χ0v) is 7.81. The summed E-state index contributed by atoms with van der Waals surface area (Å²) in [4.78, 5) is 11.0. The van der Waals surface area contributed by atoms with Crippen LogP contribution in [0, 0.1) is 6.92 Å². The van der Waals surface area contributed by atoms with Gasteiger partial charge in [0.25, 0.3) is 0 Å². The Balaban J connectivity index is 3.03. The molecule has 1 rings (SSSR count). The lowest BCUT2D eigenvalue weighted by molar-refractivity contribution is 0.0600. The second kappa shape index (κ2) is 3.10. The maximum atomic E-state index is 11.0. The number of rotatable bonds is 1. The van der Waals surface area contributed by atoms with Crippen molar-refractivity contribution in [3.05, 3.63) is 22.7 Å². The number of hydrogen-bond acceptors (Lipinski definition) is 2. The molecule has 1 heterocycles. The second-order valence-electron chi connectivity index (χ2n) is 2.51. The number of esters is 1. The van der Waals surface area contributed by atoms with Crippen LogP contribution in [0.25, 0.3) is 0 Å². The molecule has 0 saturated heterocycles.